The summed E-state index contributed by atoms with van der Waals surface area (Å²) in [5.41, 5.74) is 1.67. The molecule has 0 spiro atoms. The minimum absolute atomic E-state index is 0.481. The first-order valence-corrected chi connectivity index (χ1v) is 5.36. The Morgan fingerprint density at radius 2 is 2.00 bits per heavy atom. The number of benzene rings is 1. The van der Waals surface area contributed by atoms with Crippen LogP contribution in [0.15, 0.2) is 42.9 Å². The molecule has 88 valence electrons. The van der Waals surface area contributed by atoms with Crippen LogP contribution in [0.5, 0.6) is 5.75 Å². The number of methoxy groups -OCH3 is 1. The van der Waals surface area contributed by atoms with Gasteiger partial charge in [-0.3, -0.25) is 0 Å². The number of nitrogens with zero attached hydrogens (tertiary/aromatic N) is 2. The molecule has 1 unspecified atom stereocenters. The van der Waals surface area contributed by atoms with Crippen molar-refractivity contribution in [3.63, 3.8) is 0 Å². The van der Waals surface area contributed by atoms with Crippen molar-refractivity contribution in [3.05, 3.63) is 54.1 Å². The molecule has 2 rings (SSSR count). The predicted octanol–water partition coefficient (Wildman–Crippen LogP) is 1.76. The van der Waals surface area contributed by atoms with Crippen LogP contribution in [0.4, 0.5) is 0 Å². The molecule has 0 bridgehead atoms. The lowest BCUT2D eigenvalue weighted by atomic mass is 10.0. The zero-order chi connectivity index (χ0) is 12.1. The Bertz CT molecular complexity index is 457. The first-order chi connectivity index (χ1) is 8.29. The molecule has 0 aliphatic rings. The Hall–Kier alpha value is -1.94. The Kier molecular flexibility index (Phi) is 3.67. The van der Waals surface area contributed by atoms with Gasteiger partial charge in [0.05, 0.1) is 13.2 Å². The molecule has 4 nitrogen and oxygen atoms in total. The first kappa shape index (κ1) is 11.5. The summed E-state index contributed by atoms with van der Waals surface area (Å²) in [4.78, 5) is 7.92. The average Bonchev–Trinajstić information content (AvgIpc) is 2.40. The molecule has 0 saturated heterocycles. The monoisotopic (exact) mass is 230 g/mol. The molecule has 1 atom stereocenters. The van der Waals surface area contributed by atoms with E-state index in [0.29, 0.717) is 6.42 Å². The van der Waals surface area contributed by atoms with Crippen molar-refractivity contribution < 1.29 is 9.84 Å². The van der Waals surface area contributed by atoms with Crippen LogP contribution in [-0.4, -0.2) is 22.2 Å². The second kappa shape index (κ2) is 5.41. The Morgan fingerprint density at radius 3 is 2.59 bits per heavy atom. The molecule has 1 heterocycles. The smallest absolute Gasteiger partial charge is 0.118 e. The number of hydrogen-bond donors (Lipinski definition) is 1. The lowest BCUT2D eigenvalue weighted by Crippen LogP contribution is -2.03. The van der Waals surface area contributed by atoms with E-state index in [9.17, 15) is 5.11 Å². The van der Waals surface area contributed by atoms with E-state index in [1.165, 1.54) is 6.33 Å². The van der Waals surface area contributed by atoms with Gasteiger partial charge in [-0.15, -0.1) is 0 Å². The fourth-order valence-corrected chi connectivity index (χ4v) is 1.58. The van der Waals surface area contributed by atoms with E-state index in [2.05, 4.69) is 9.97 Å². The zero-order valence-corrected chi connectivity index (χ0v) is 9.58. The van der Waals surface area contributed by atoms with Gasteiger partial charge >= 0.3 is 0 Å². The third-order valence-corrected chi connectivity index (χ3v) is 2.55. The van der Waals surface area contributed by atoms with Gasteiger partial charge in [-0.25, -0.2) is 9.97 Å². The fraction of sp³-hybridized carbons (Fsp3) is 0.231. The third-order valence-electron chi connectivity index (χ3n) is 2.55. The number of ether oxygens (including phenoxy) is 1. The van der Waals surface area contributed by atoms with Crippen molar-refractivity contribution in [3.8, 4) is 5.75 Å². The third kappa shape index (κ3) is 3.01. The molecule has 17 heavy (non-hydrogen) atoms. The van der Waals surface area contributed by atoms with E-state index in [1.807, 2.05) is 24.3 Å². The Morgan fingerprint density at radius 1 is 1.24 bits per heavy atom. The van der Waals surface area contributed by atoms with E-state index in [1.54, 1.807) is 19.4 Å². The van der Waals surface area contributed by atoms with Crippen LogP contribution in [0.2, 0.25) is 0 Å². The summed E-state index contributed by atoms with van der Waals surface area (Å²) in [6, 6.07) is 9.17. The Labute approximate surface area is 99.9 Å². The molecule has 2 aromatic rings. The van der Waals surface area contributed by atoms with Crippen LogP contribution in [0.25, 0.3) is 0 Å². The molecule has 0 radical (unpaired) electrons. The molecular formula is C13H14N2O2. The highest BCUT2D eigenvalue weighted by Gasteiger charge is 2.09. The van der Waals surface area contributed by atoms with E-state index < -0.39 is 6.10 Å². The molecule has 0 aliphatic carbocycles. The topological polar surface area (TPSA) is 55.2 Å². The molecule has 0 aliphatic heterocycles. The van der Waals surface area contributed by atoms with Crippen LogP contribution >= 0.6 is 0 Å². The van der Waals surface area contributed by atoms with E-state index in [4.69, 9.17) is 4.74 Å². The minimum atomic E-state index is -0.559. The number of aromatic nitrogens is 2. The van der Waals surface area contributed by atoms with E-state index >= 15 is 0 Å². The van der Waals surface area contributed by atoms with Crippen molar-refractivity contribution >= 4 is 0 Å². The first-order valence-electron chi connectivity index (χ1n) is 5.36. The number of hydrogen-bond acceptors (Lipinski definition) is 4. The summed E-state index contributed by atoms with van der Waals surface area (Å²) in [5, 5.41) is 10.0. The summed E-state index contributed by atoms with van der Waals surface area (Å²) in [7, 11) is 1.62. The lowest BCUT2D eigenvalue weighted by Gasteiger charge is -2.10. The summed E-state index contributed by atoms with van der Waals surface area (Å²) >= 11 is 0. The maximum Gasteiger partial charge on any atom is 0.118 e. The SMILES string of the molecule is COc1ccc(C(O)Cc2ccncn2)cc1. The number of rotatable bonds is 4. The second-order valence-electron chi connectivity index (χ2n) is 3.69. The van der Waals surface area contributed by atoms with Crippen LogP contribution in [0, 0.1) is 0 Å². The highest BCUT2D eigenvalue weighted by Crippen LogP contribution is 2.20. The van der Waals surface area contributed by atoms with E-state index in [0.717, 1.165) is 17.0 Å². The largest absolute Gasteiger partial charge is 0.497 e. The summed E-state index contributed by atoms with van der Waals surface area (Å²) in [6.45, 7) is 0. The zero-order valence-electron chi connectivity index (χ0n) is 9.58. The molecule has 1 aromatic heterocycles. The highest BCUT2D eigenvalue weighted by atomic mass is 16.5. The van der Waals surface area contributed by atoms with Gasteiger partial charge in [0.15, 0.2) is 0 Å². The normalized spacial score (nSPS) is 12.1. The van der Waals surface area contributed by atoms with Crippen molar-refractivity contribution in [1.82, 2.24) is 9.97 Å². The molecule has 1 aromatic carbocycles. The highest BCUT2D eigenvalue weighted by molar-refractivity contribution is 5.28. The average molecular weight is 230 g/mol. The quantitative estimate of drug-likeness (QED) is 0.869. The summed E-state index contributed by atoms with van der Waals surface area (Å²) in [6.07, 6.45) is 3.07. The number of aliphatic hydroxyl groups excluding tert-OH is 1. The second-order valence-corrected chi connectivity index (χ2v) is 3.69. The van der Waals surface area contributed by atoms with Gasteiger partial charge in [0, 0.05) is 18.3 Å². The van der Waals surface area contributed by atoms with Crippen LogP contribution in [0.1, 0.15) is 17.4 Å². The van der Waals surface area contributed by atoms with Crippen molar-refractivity contribution in [2.45, 2.75) is 12.5 Å². The van der Waals surface area contributed by atoms with Gasteiger partial charge < -0.3 is 9.84 Å². The van der Waals surface area contributed by atoms with Gasteiger partial charge in [0.2, 0.25) is 0 Å². The summed E-state index contributed by atoms with van der Waals surface area (Å²) in [5.74, 6) is 0.781. The standard InChI is InChI=1S/C13H14N2O2/c1-17-12-4-2-10(3-5-12)13(16)8-11-6-7-14-9-15-11/h2-7,9,13,16H,8H2,1H3. The van der Waals surface area contributed by atoms with Crippen LogP contribution in [-0.2, 0) is 6.42 Å². The molecule has 0 fully saturated rings. The minimum Gasteiger partial charge on any atom is -0.497 e. The van der Waals surface area contributed by atoms with Crippen LogP contribution in [0.3, 0.4) is 0 Å². The molecule has 1 N–H and O–H groups in total. The molecular weight excluding hydrogens is 216 g/mol. The van der Waals surface area contributed by atoms with Gasteiger partial charge in [0.1, 0.15) is 12.1 Å². The lowest BCUT2D eigenvalue weighted by molar-refractivity contribution is 0.177. The summed E-state index contributed by atoms with van der Waals surface area (Å²) < 4.78 is 5.06. The van der Waals surface area contributed by atoms with Gasteiger partial charge in [-0.05, 0) is 23.8 Å². The van der Waals surface area contributed by atoms with E-state index in [-0.39, 0.29) is 0 Å². The van der Waals surface area contributed by atoms with Crippen molar-refractivity contribution in [2.75, 3.05) is 7.11 Å². The fourth-order valence-electron chi connectivity index (χ4n) is 1.58. The Balaban J connectivity index is 2.06. The van der Waals surface area contributed by atoms with Gasteiger partial charge in [0.25, 0.3) is 0 Å². The maximum atomic E-state index is 10.0. The molecule has 4 heteroatoms. The number of aliphatic hydroxyl groups is 1. The van der Waals surface area contributed by atoms with Crippen LogP contribution < -0.4 is 4.74 Å². The van der Waals surface area contributed by atoms with Crippen molar-refractivity contribution in [2.24, 2.45) is 0 Å². The molecule has 0 saturated carbocycles. The predicted molar refractivity (Wildman–Crippen MR) is 63.7 cm³/mol. The van der Waals surface area contributed by atoms with Crippen molar-refractivity contribution in [1.29, 1.82) is 0 Å². The van der Waals surface area contributed by atoms with Gasteiger partial charge in [-0.1, -0.05) is 12.1 Å². The molecule has 0 amide bonds. The van der Waals surface area contributed by atoms with Gasteiger partial charge in [-0.2, -0.15) is 0 Å². The maximum absolute atomic E-state index is 10.0.